The Labute approximate surface area is 89.6 Å². The van der Waals surface area contributed by atoms with Crippen molar-refractivity contribution in [3.8, 4) is 0 Å². The number of benzene rings is 1. The summed E-state index contributed by atoms with van der Waals surface area (Å²) in [4.78, 5) is 0. The van der Waals surface area contributed by atoms with Gasteiger partial charge in [0.25, 0.3) is 0 Å². The summed E-state index contributed by atoms with van der Waals surface area (Å²) in [6, 6.07) is 10.5. The van der Waals surface area contributed by atoms with Crippen LogP contribution in [0.2, 0.25) is 0 Å². The van der Waals surface area contributed by atoms with Crippen LogP contribution >= 0.6 is 0 Å². The maximum atomic E-state index is 8.08. The van der Waals surface area contributed by atoms with Crippen molar-refractivity contribution in [1.29, 1.82) is 0 Å². The van der Waals surface area contributed by atoms with Gasteiger partial charge in [0.05, 0.1) is 25.9 Å². The average Bonchev–Trinajstić information content (AvgIpc) is 3.15. The number of aliphatic hydroxyl groups is 1. The molecule has 1 aromatic carbocycles. The third-order valence-corrected chi connectivity index (χ3v) is 2.31. The van der Waals surface area contributed by atoms with Crippen LogP contribution in [0.15, 0.2) is 30.3 Å². The van der Waals surface area contributed by atoms with Crippen molar-refractivity contribution in [2.75, 3.05) is 19.8 Å². The van der Waals surface area contributed by atoms with E-state index in [1.54, 1.807) is 0 Å². The van der Waals surface area contributed by atoms with Gasteiger partial charge in [-0.3, -0.25) is 0 Å². The summed E-state index contributed by atoms with van der Waals surface area (Å²) < 4.78 is 9.72. The van der Waals surface area contributed by atoms with Crippen molar-refractivity contribution in [1.82, 2.24) is 0 Å². The first-order valence-corrected chi connectivity index (χ1v) is 5.26. The standard InChI is InChI=1S/C9H10O.C3H6O2/c1-2-4-8(5-3-1)6-9-7-10-9;4-1-3-2-5-3/h1-5,9H,6-7H2;3-4H,1-2H2. The second-order valence-corrected chi connectivity index (χ2v) is 3.78. The second kappa shape index (κ2) is 5.26. The average molecular weight is 208 g/mol. The molecule has 0 aliphatic carbocycles. The summed E-state index contributed by atoms with van der Waals surface area (Å²) >= 11 is 0. The minimum absolute atomic E-state index is 0.190. The molecule has 0 spiro atoms. The summed E-state index contributed by atoms with van der Waals surface area (Å²) in [7, 11) is 0. The molecule has 0 amide bonds. The minimum Gasteiger partial charge on any atom is -0.394 e. The molecule has 1 aromatic rings. The Kier molecular flexibility index (Phi) is 3.72. The van der Waals surface area contributed by atoms with Gasteiger partial charge >= 0.3 is 0 Å². The minimum atomic E-state index is 0.190. The Morgan fingerprint density at radius 3 is 2.07 bits per heavy atom. The third kappa shape index (κ3) is 4.42. The van der Waals surface area contributed by atoms with Crippen molar-refractivity contribution in [3.05, 3.63) is 35.9 Å². The van der Waals surface area contributed by atoms with Crippen LogP contribution in [-0.2, 0) is 15.9 Å². The first-order chi connectivity index (χ1) is 7.38. The predicted octanol–water partition coefficient (Wildman–Crippen LogP) is 1.01. The van der Waals surface area contributed by atoms with Crippen molar-refractivity contribution in [2.45, 2.75) is 18.6 Å². The number of ether oxygens (including phenoxy) is 2. The first kappa shape index (κ1) is 10.6. The summed E-state index contributed by atoms with van der Waals surface area (Å²) in [6.07, 6.45) is 1.79. The fraction of sp³-hybridized carbons (Fsp3) is 0.500. The molecule has 2 saturated heterocycles. The van der Waals surface area contributed by atoms with E-state index in [1.807, 2.05) is 6.07 Å². The molecule has 2 aliphatic rings. The molecule has 3 nitrogen and oxygen atoms in total. The molecule has 0 saturated carbocycles. The lowest BCUT2D eigenvalue weighted by Gasteiger charge is -1.93. The second-order valence-electron chi connectivity index (χ2n) is 3.78. The number of aliphatic hydroxyl groups excluding tert-OH is 1. The molecule has 3 heteroatoms. The Hall–Kier alpha value is -0.900. The highest BCUT2D eigenvalue weighted by Gasteiger charge is 2.22. The smallest absolute Gasteiger partial charge is 0.104 e. The predicted molar refractivity (Wildman–Crippen MR) is 56.7 cm³/mol. The number of rotatable bonds is 3. The van der Waals surface area contributed by atoms with E-state index < -0.39 is 0 Å². The highest BCUT2D eigenvalue weighted by Crippen LogP contribution is 2.15. The van der Waals surface area contributed by atoms with Crippen LogP contribution < -0.4 is 0 Å². The van der Waals surface area contributed by atoms with Crippen molar-refractivity contribution in [3.63, 3.8) is 0 Å². The van der Waals surface area contributed by atoms with Gasteiger partial charge in [-0.05, 0) is 5.56 Å². The van der Waals surface area contributed by atoms with E-state index in [2.05, 4.69) is 29.0 Å². The summed E-state index contributed by atoms with van der Waals surface area (Å²) in [6.45, 7) is 1.91. The van der Waals surface area contributed by atoms with E-state index in [0.717, 1.165) is 19.6 Å². The summed E-state index contributed by atoms with van der Waals surface area (Å²) in [5, 5.41) is 8.08. The fourth-order valence-corrected chi connectivity index (χ4v) is 1.24. The van der Waals surface area contributed by atoms with Gasteiger partial charge in [-0.1, -0.05) is 30.3 Å². The first-order valence-electron chi connectivity index (χ1n) is 5.26. The Balaban J connectivity index is 0.000000144. The molecular formula is C12H16O3. The molecule has 2 heterocycles. The van der Waals surface area contributed by atoms with Crippen LogP contribution in [0.1, 0.15) is 5.56 Å². The third-order valence-electron chi connectivity index (χ3n) is 2.31. The number of epoxide rings is 2. The van der Waals surface area contributed by atoms with Gasteiger partial charge in [0, 0.05) is 6.42 Å². The lowest BCUT2D eigenvalue weighted by molar-refractivity contribution is 0.244. The Morgan fingerprint density at radius 1 is 1.07 bits per heavy atom. The Bertz CT molecular complexity index is 278. The van der Waals surface area contributed by atoms with Crippen LogP contribution in [-0.4, -0.2) is 37.1 Å². The van der Waals surface area contributed by atoms with Gasteiger partial charge in [-0.25, -0.2) is 0 Å². The van der Waals surface area contributed by atoms with E-state index >= 15 is 0 Å². The van der Waals surface area contributed by atoms with Gasteiger partial charge < -0.3 is 14.6 Å². The van der Waals surface area contributed by atoms with Crippen LogP contribution in [0.3, 0.4) is 0 Å². The largest absolute Gasteiger partial charge is 0.394 e. The lowest BCUT2D eigenvalue weighted by Crippen LogP contribution is -1.90. The summed E-state index contributed by atoms with van der Waals surface area (Å²) in [5.74, 6) is 0. The van der Waals surface area contributed by atoms with Gasteiger partial charge in [-0.2, -0.15) is 0 Å². The molecule has 2 fully saturated rings. The molecule has 2 aliphatic heterocycles. The van der Waals surface area contributed by atoms with Crippen LogP contribution in [0.4, 0.5) is 0 Å². The zero-order valence-corrected chi connectivity index (χ0v) is 8.63. The normalized spacial score (nSPS) is 26.5. The summed E-state index contributed by atoms with van der Waals surface area (Å²) in [5.41, 5.74) is 1.38. The Morgan fingerprint density at radius 2 is 1.67 bits per heavy atom. The van der Waals surface area contributed by atoms with Crippen molar-refractivity contribution < 1.29 is 14.6 Å². The zero-order chi connectivity index (χ0) is 10.5. The van der Waals surface area contributed by atoms with E-state index in [9.17, 15) is 0 Å². The van der Waals surface area contributed by atoms with Crippen LogP contribution in [0.5, 0.6) is 0 Å². The van der Waals surface area contributed by atoms with E-state index in [0.29, 0.717) is 6.10 Å². The molecule has 2 unspecified atom stereocenters. The zero-order valence-electron chi connectivity index (χ0n) is 8.63. The highest BCUT2D eigenvalue weighted by atomic mass is 16.6. The van der Waals surface area contributed by atoms with Crippen LogP contribution in [0, 0.1) is 0 Å². The molecule has 15 heavy (non-hydrogen) atoms. The number of hydrogen-bond acceptors (Lipinski definition) is 3. The van der Waals surface area contributed by atoms with Crippen LogP contribution in [0.25, 0.3) is 0 Å². The van der Waals surface area contributed by atoms with Gasteiger partial charge in [-0.15, -0.1) is 0 Å². The maximum absolute atomic E-state index is 8.08. The van der Waals surface area contributed by atoms with Gasteiger partial charge in [0.1, 0.15) is 6.10 Å². The molecule has 1 N–H and O–H groups in total. The monoisotopic (exact) mass is 208 g/mol. The SMILES string of the molecule is OCC1CO1.c1ccc(CC2CO2)cc1. The van der Waals surface area contributed by atoms with E-state index in [1.165, 1.54) is 5.56 Å². The fourth-order valence-electron chi connectivity index (χ4n) is 1.24. The van der Waals surface area contributed by atoms with Gasteiger partial charge in [0.2, 0.25) is 0 Å². The number of hydrogen-bond donors (Lipinski definition) is 1. The quantitative estimate of drug-likeness (QED) is 0.754. The molecule has 0 bridgehead atoms. The molecule has 2 atom stereocenters. The highest BCUT2D eigenvalue weighted by molar-refractivity contribution is 5.16. The molecule has 0 radical (unpaired) electrons. The van der Waals surface area contributed by atoms with Gasteiger partial charge in [0.15, 0.2) is 0 Å². The molecule has 3 rings (SSSR count). The van der Waals surface area contributed by atoms with E-state index in [4.69, 9.17) is 9.84 Å². The molecular weight excluding hydrogens is 192 g/mol. The van der Waals surface area contributed by atoms with Crippen molar-refractivity contribution in [2.24, 2.45) is 0 Å². The molecule has 0 aromatic heterocycles. The van der Waals surface area contributed by atoms with Crippen molar-refractivity contribution >= 4 is 0 Å². The van der Waals surface area contributed by atoms with E-state index in [-0.39, 0.29) is 12.7 Å². The molecule has 82 valence electrons. The maximum Gasteiger partial charge on any atom is 0.104 e. The topological polar surface area (TPSA) is 45.3 Å². The lowest BCUT2D eigenvalue weighted by atomic mass is 10.1.